The van der Waals surface area contributed by atoms with Crippen LogP contribution in [0.4, 0.5) is 0 Å². The third-order valence-corrected chi connectivity index (χ3v) is 3.95. The molecule has 0 radical (unpaired) electrons. The van der Waals surface area contributed by atoms with Crippen molar-refractivity contribution in [1.29, 1.82) is 0 Å². The van der Waals surface area contributed by atoms with Crippen molar-refractivity contribution < 1.29 is 4.74 Å². The molecule has 0 aromatic rings. The number of thioether (sulfide) groups is 1. The maximum absolute atomic E-state index is 4.97. The first kappa shape index (κ1) is 9.29. The number of rotatable bonds is 1. The van der Waals surface area contributed by atoms with Crippen LogP contribution in [0.3, 0.4) is 0 Å². The Morgan fingerprint density at radius 1 is 1.91 bits per heavy atom. The fraction of sp³-hybridized carbons (Fsp3) is 0.286. The summed E-state index contributed by atoms with van der Waals surface area (Å²) < 4.78 is 5.96. The van der Waals surface area contributed by atoms with Crippen molar-refractivity contribution in [2.24, 2.45) is 0 Å². The highest BCUT2D eigenvalue weighted by Gasteiger charge is 2.22. The normalized spacial score (nSPS) is 23.3. The van der Waals surface area contributed by atoms with Crippen LogP contribution in [0.1, 0.15) is 0 Å². The molecule has 60 valence electrons. The lowest BCUT2D eigenvalue weighted by atomic mass is 10.4. The number of halogens is 1. The minimum absolute atomic E-state index is 0.150. The molecular formula is C7H7BrOS2. The largest absolute Gasteiger partial charge is 0.489 e. The Kier molecular flexibility index (Phi) is 3.16. The van der Waals surface area contributed by atoms with Crippen molar-refractivity contribution in [3.63, 3.8) is 0 Å². The van der Waals surface area contributed by atoms with Gasteiger partial charge in [0, 0.05) is 9.39 Å². The maximum atomic E-state index is 4.97. The van der Waals surface area contributed by atoms with E-state index >= 15 is 0 Å². The van der Waals surface area contributed by atoms with Gasteiger partial charge in [-0.05, 0) is 34.2 Å². The van der Waals surface area contributed by atoms with Crippen LogP contribution in [0, 0.1) is 0 Å². The Hall–Kier alpha value is 0.200. The molecule has 1 nitrogen and oxygen atoms in total. The highest BCUT2D eigenvalue weighted by atomic mass is 79.9. The van der Waals surface area contributed by atoms with Crippen LogP contribution in [0.2, 0.25) is 0 Å². The molecule has 0 saturated carbocycles. The topological polar surface area (TPSA) is 9.23 Å². The summed E-state index contributed by atoms with van der Waals surface area (Å²) in [5.41, 5.74) is 0. The highest BCUT2D eigenvalue weighted by molar-refractivity contribution is 9.12. The van der Waals surface area contributed by atoms with E-state index in [1.54, 1.807) is 18.9 Å². The third-order valence-electron chi connectivity index (χ3n) is 1.27. The zero-order valence-electron chi connectivity index (χ0n) is 5.96. The van der Waals surface area contributed by atoms with Crippen molar-refractivity contribution in [3.8, 4) is 0 Å². The molecule has 4 heteroatoms. The fourth-order valence-electron chi connectivity index (χ4n) is 0.702. The first-order chi connectivity index (χ1) is 5.15. The first-order valence-electron chi connectivity index (χ1n) is 2.96. The van der Waals surface area contributed by atoms with Gasteiger partial charge in [-0.15, -0.1) is 11.8 Å². The van der Waals surface area contributed by atoms with Crippen molar-refractivity contribution in [2.75, 3.05) is 7.11 Å². The lowest BCUT2D eigenvalue weighted by Crippen LogP contribution is -2.11. The second kappa shape index (κ2) is 3.74. The molecule has 0 N–H and O–H groups in total. The predicted octanol–water partition coefficient (Wildman–Crippen LogP) is 2.87. The predicted molar refractivity (Wildman–Crippen MR) is 57.1 cm³/mol. The van der Waals surface area contributed by atoms with Gasteiger partial charge in [-0.3, -0.25) is 0 Å². The second-order valence-electron chi connectivity index (χ2n) is 2.00. The van der Waals surface area contributed by atoms with Crippen LogP contribution in [0.5, 0.6) is 0 Å². The molecule has 1 aliphatic heterocycles. The molecule has 0 spiro atoms. The molecule has 1 heterocycles. The van der Waals surface area contributed by atoms with Crippen LogP contribution in [0.25, 0.3) is 0 Å². The van der Waals surface area contributed by atoms with E-state index in [-0.39, 0.29) is 5.25 Å². The van der Waals surface area contributed by atoms with Crippen molar-refractivity contribution in [2.45, 2.75) is 5.25 Å². The molecule has 0 aliphatic carbocycles. The summed E-state index contributed by atoms with van der Waals surface area (Å²) >= 11 is 9.94. The van der Waals surface area contributed by atoms with Gasteiger partial charge in [-0.1, -0.05) is 6.58 Å². The summed E-state index contributed by atoms with van der Waals surface area (Å²) in [6.07, 6.45) is 2.00. The molecule has 0 saturated heterocycles. The Morgan fingerprint density at radius 2 is 2.55 bits per heavy atom. The first-order valence-corrected chi connectivity index (χ1v) is 5.04. The van der Waals surface area contributed by atoms with E-state index in [9.17, 15) is 0 Å². The summed E-state index contributed by atoms with van der Waals surface area (Å²) in [7, 11) is 1.59. The zero-order chi connectivity index (χ0) is 8.43. The van der Waals surface area contributed by atoms with Gasteiger partial charge in [0.15, 0.2) is 5.05 Å². The van der Waals surface area contributed by atoms with Gasteiger partial charge in [0.25, 0.3) is 0 Å². The maximum Gasteiger partial charge on any atom is 0.176 e. The zero-order valence-corrected chi connectivity index (χ0v) is 9.18. The van der Waals surface area contributed by atoms with Gasteiger partial charge in [-0.2, -0.15) is 0 Å². The number of ether oxygens (including phenoxy) is 1. The molecule has 0 aromatic heterocycles. The lowest BCUT2D eigenvalue weighted by Gasteiger charge is -2.05. The Morgan fingerprint density at radius 3 is 2.91 bits per heavy atom. The molecule has 1 atom stereocenters. The van der Waals surface area contributed by atoms with E-state index in [1.807, 2.05) is 6.08 Å². The summed E-state index contributed by atoms with van der Waals surface area (Å²) in [5, 5.41) is 0.752. The van der Waals surface area contributed by atoms with Crippen LogP contribution in [-0.4, -0.2) is 17.4 Å². The Balaban J connectivity index is 2.68. The minimum Gasteiger partial charge on any atom is -0.489 e. The van der Waals surface area contributed by atoms with Crippen LogP contribution in [-0.2, 0) is 4.74 Å². The fourth-order valence-corrected chi connectivity index (χ4v) is 2.52. The van der Waals surface area contributed by atoms with Gasteiger partial charge >= 0.3 is 0 Å². The van der Waals surface area contributed by atoms with Crippen LogP contribution < -0.4 is 0 Å². The summed E-state index contributed by atoms with van der Waals surface area (Å²) in [4.78, 5) is 1.01. The van der Waals surface area contributed by atoms with E-state index in [4.69, 9.17) is 17.0 Å². The van der Waals surface area contributed by atoms with E-state index in [1.165, 1.54) is 0 Å². The average Bonchev–Trinajstić information content (AvgIpc) is 2.31. The average molecular weight is 251 g/mol. The van der Waals surface area contributed by atoms with Gasteiger partial charge in [0.05, 0.1) is 12.4 Å². The van der Waals surface area contributed by atoms with Gasteiger partial charge in [0.2, 0.25) is 0 Å². The minimum atomic E-state index is 0.150. The van der Waals surface area contributed by atoms with Gasteiger partial charge < -0.3 is 4.74 Å². The number of methoxy groups -OCH3 is 1. The summed E-state index contributed by atoms with van der Waals surface area (Å²) in [5.74, 6) is 0. The number of hydrogen-bond acceptors (Lipinski definition) is 3. The smallest absolute Gasteiger partial charge is 0.176 e. The van der Waals surface area contributed by atoms with E-state index < -0.39 is 0 Å². The van der Waals surface area contributed by atoms with E-state index in [0.717, 1.165) is 9.39 Å². The second-order valence-corrected chi connectivity index (χ2v) is 4.49. The SMILES string of the molecule is C=C1SC(C(=S)OC)C=C1Br. The quantitative estimate of drug-likeness (QED) is 0.663. The lowest BCUT2D eigenvalue weighted by molar-refractivity contribution is 0.408. The van der Waals surface area contributed by atoms with Gasteiger partial charge in [-0.25, -0.2) is 0 Å². The van der Waals surface area contributed by atoms with Crippen LogP contribution in [0.15, 0.2) is 22.0 Å². The highest BCUT2D eigenvalue weighted by Crippen LogP contribution is 2.39. The number of allylic oxidation sites excluding steroid dienone is 1. The summed E-state index contributed by atoms with van der Waals surface area (Å²) in [6.45, 7) is 3.83. The molecule has 11 heavy (non-hydrogen) atoms. The molecule has 1 unspecified atom stereocenters. The van der Waals surface area contributed by atoms with Crippen LogP contribution >= 0.6 is 39.9 Å². The number of hydrogen-bond donors (Lipinski definition) is 0. The van der Waals surface area contributed by atoms with E-state index in [0.29, 0.717) is 5.05 Å². The summed E-state index contributed by atoms with van der Waals surface area (Å²) in [6, 6.07) is 0. The molecule has 1 rings (SSSR count). The molecule has 0 amide bonds. The van der Waals surface area contributed by atoms with Crippen molar-refractivity contribution in [1.82, 2.24) is 0 Å². The molecule has 0 fully saturated rings. The van der Waals surface area contributed by atoms with E-state index in [2.05, 4.69) is 22.5 Å². The van der Waals surface area contributed by atoms with Crippen molar-refractivity contribution in [3.05, 3.63) is 22.0 Å². The molecule has 1 aliphatic rings. The standard InChI is InChI=1S/C7H7BrOS2/c1-4-5(8)3-6(11-4)7(10)9-2/h3,6H,1H2,2H3. The molecule has 0 aromatic carbocycles. The molecular weight excluding hydrogens is 244 g/mol. The monoisotopic (exact) mass is 250 g/mol. The third kappa shape index (κ3) is 2.07. The van der Waals surface area contributed by atoms with Gasteiger partial charge in [0.1, 0.15) is 0 Å². The number of thiocarbonyl (C=S) groups is 1. The molecule has 0 bridgehead atoms. The van der Waals surface area contributed by atoms with Crippen molar-refractivity contribution >= 4 is 45.0 Å². The Labute approximate surface area is 84.0 Å². The Bertz CT molecular complexity index is 235.